The highest BCUT2D eigenvalue weighted by molar-refractivity contribution is 7.13. The summed E-state index contributed by atoms with van der Waals surface area (Å²) in [6, 6.07) is 12.8. The number of piperazine rings is 1. The molecule has 2 aromatic carbocycles. The molecule has 39 heavy (non-hydrogen) atoms. The van der Waals surface area contributed by atoms with Gasteiger partial charge in [-0.3, -0.25) is 9.69 Å². The maximum atomic E-state index is 14.1. The molecule has 0 bridgehead atoms. The number of thiophene rings is 1. The van der Waals surface area contributed by atoms with Gasteiger partial charge in [0.25, 0.3) is 5.91 Å². The van der Waals surface area contributed by atoms with Crippen LogP contribution < -0.4 is 10.2 Å². The number of aromatic amines is 1. The van der Waals surface area contributed by atoms with Gasteiger partial charge in [0.05, 0.1) is 32.9 Å². The van der Waals surface area contributed by atoms with Crippen molar-refractivity contribution in [3.8, 4) is 22.0 Å². The van der Waals surface area contributed by atoms with E-state index >= 15 is 0 Å². The lowest BCUT2D eigenvalue weighted by molar-refractivity contribution is -0.137. The van der Waals surface area contributed by atoms with Crippen LogP contribution in [0.15, 0.2) is 60.1 Å². The van der Waals surface area contributed by atoms with Gasteiger partial charge in [0.15, 0.2) is 0 Å². The number of aromatic nitrogens is 2. The lowest BCUT2D eigenvalue weighted by Crippen LogP contribution is -2.55. The molecule has 1 aliphatic heterocycles. The van der Waals surface area contributed by atoms with Crippen molar-refractivity contribution in [1.29, 1.82) is 0 Å². The molecule has 0 aliphatic carbocycles. The van der Waals surface area contributed by atoms with Crippen LogP contribution in [0.4, 0.5) is 24.5 Å². The zero-order valence-corrected chi connectivity index (χ0v) is 23.1. The van der Waals surface area contributed by atoms with Gasteiger partial charge in [-0.15, -0.1) is 11.3 Å². The Hall–Kier alpha value is -3.34. The third-order valence-electron chi connectivity index (χ3n) is 7.12. The fraction of sp³-hybridized carbons (Fsp3) is 0.286. The zero-order chi connectivity index (χ0) is 27.9. The first-order valence-corrected chi connectivity index (χ1v) is 13.7. The first-order valence-electron chi connectivity index (χ1n) is 12.4. The van der Waals surface area contributed by atoms with E-state index in [1.165, 1.54) is 6.07 Å². The Balaban J connectivity index is 1.41. The van der Waals surface area contributed by atoms with Crippen LogP contribution in [0, 0.1) is 0 Å². The number of halogens is 4. The van der Waals surface area contributed by atoms with Crippen molar-refractivity contribution in [3.05, 3.63) is 76.3 Å². The molecule has 2 aromatic heterocycles. The van der Waals surface area contributed by atoms with Crippen molar-refractivity contribution in [3.63, 3.8) is 0 Å². The molecule has 0 unspecified atom stereocenters. The summed E-state index contributed by atoms with van der Waals surface area (Å²) in [5.74, 6) is -0.378. The van der Waals surface area contributed by atoms with Crippen LogP contribution in [-0.2, 0) is 6.18 Å². The molecule has 2 N–H and O–H groups in total. The van der Waals surface area contributed by atoms with E-state index in [1.54, 1.807) is 41.8 Å². The quantitative estimate of drug-likeness (QED) is 0.264. The second-order valence-corrected chi connectivity index (χ2v) is 11.1. The van der Waals surface area contributed by atoms with Crippen molar-refractivity contribution >= 4 is 40.2 Å². The van der Waals surface area contributed by atoms with Crippen LogP contribution in [-0.4, -0.2) is 53.0 Å². The first-order chi connectivity index (χ1) is 18.5. The third-order valence-corrected chi connectivity index (χ3v) is 8.35. The van der Waals surface area contributed by atoms with E-state index in [-0.39, 0.29) is 12.1 Å². The van der Waals surface area contributed by atoms with Crippen molar-refractivity contribution < 1.29 is 18.0 Å². The lowest BCUT2D eigenvalue weighted by Gasteiger charge is -2.43. The van der Waals surface area contributed by atoms with Gasteiger partial charge in [0, 0.05) is 42.1 Å². The number of hydrogen-bond donors (Lipinski definition) is 2. The molecule has 5 rings (SSSR count). The number of rotatable bonds is 5. The predicted molar refractivity (Wildman–Crippen MR) is 151 cm³/mol. The van der Waals surface area contributed by atoms with Gasteiger partial charge in [-0.1, -0.05) is 17.7 Å². The molecule has 1 amide bonds. The fourth-order valence-electron chi connectivity index (χ4n) is 4.77. The minimum atomic E-state index is -4.70. The van der Waals surface area contributed by atoms with Crippen LogP contribution in [0.2, 0.25) is 5.02 Å². The highest BCUT2D eigenvalue weighted by atomic mass is 35.5. The standard InChI is InChI=1S/C28H27ClF3N5OS/c1-16-14-37(15-17(2)36(16)3)19-7-8-20(22(12-19)28(30,31)32)27(38)34-18-6-9-23(29)21(11-18)26-33-13-24(35-26)25-5-4-10-39-25/h4-13,16-17H,14-15H2,1-3H3,(H,33,35)(H,34,38)/t16-,17+. The van der Waals surface area contributed by atoms with Crippen molar-refractivity contribution in [2.75, 3.05) is 30.4 Å². The average Bonchev–Trinajstić information content (AvgIpc) is 3.60. The van der Waals surface area contributed by atoms with Gasteiger partial charge >= 0.3 is 6.18 Å². The molecule has 0 spiro atoms. The van der Waals surface area contributed by atoms with E-state index in [0.717, 1.165) is 16.6 Å². The molecule has 4 aromatic rings. The number of likely N-dealkylation sites (N-methyl/N-ethyl adjacent to an activating group) is 1. The number of benzene rings is 2. The second-order valence-electron chi connectivity index (χ2n) is 9.77. The number of alkyl halides is 3. The summed E-state index contributed by atoms with van der Waals surface area (Å²) in [5, 5.41) is 4.94. The van der Waals surface area contributed by atoms with E-state index < -0.39 is 23.2 Å². The molecule has 3 heterocycles. The molecular formula is C28H27ClF3N5OS. The largest absolute Gasteiger partial charge is 0.417 e. The topological polar surface area (TPSA) is 64.3 Å². The predicted octanol–water partition coefficient (Wildman–Crippen LogP) is 7.26. The van der Waals surface area contributed by atoms with Crippen molar-refractivity contribution in [1.82, 2.24) is 14.9 Å². The molecule has 1 fully saturated rings. The Morgan fingerprint density at radius 2 is 1.87 bits per heavy atom. The van der Waals surface area contributed by atoms with E-state index in [9.17, 15) is 18.0 Å². The summed E-state index contributed by atoms with van der Waals surface area (Å²) in [5.41, 5.74) is 0.645. The lowest BCUT2D eigenvalue weighted by atomic mass is 10.0. The van der Waals surface area contributed by atoms with Gasteiger partial charge in [0.1, 0.15) is 5.82 Å². The van der Waals surface area contributed by atoms with Crippen LogP contribution in [0.5, 0.6) is 0 Å². The monoisotopic (exact) mass is 573 g/mol. The molecule has 1 aliphatic rings. The minimum absolute atomic E-state index is 0.181. The Bertz CT molecular complexity index is 1470. The van der Waals surface area contributed by atoms with E-state index in [2.05, 4.69) is 20.2 Å². The Morgan fingerprint density at radius 3 is 2.54 bits per heavy atom. The van der Waals surface area contributed by atoms with Gasteiger partial charge in [0.2, 0.25) is 0 Å². The number of anilines is 2. The highest BCUT2D eigenvalue weighted by Crippen LogP contribution is 2.37. The normalized spacial score (nSPS) is 18.4. The summed E-state index contributed by atoms with van der Waals surface area (Å²) in [6.45, 7) is 5.28. The Kier molecular flexibility index (Phi) is 7.45. The van der Waals surface area contributed by atoms with Crippen LogP contribution in [0.25, 0.3) is 22.0 Å². The van der Waals surface area contributed by atoms with Gasteiger partial charge in [-0.05, 0) is 68.7 Å². The fourth-order valence-corrected chi connectivity index (χ4v) is 5.67. The summed E-state index contributed by atoms with van der Waals surface area (Å²) in [4.78, 5) is 25.9. The summed E-state index contributed by atoms with van der Waals surface area (Å²) in [7, 11) is 2.01. The Labute approximate surface area is 233 Å². The number of imidazole rings is 1. The zero-order valence-electron chi connectivity index (χ0n) is 21.5. The van der Waals surface area contributed by atoms with E-state index in [0.29, 0.717) is 40.9 Å². The highest BCUT2D eigenvalue weighted by Gasteiger charge is 2.37. The molecule has 2 atom stereocenters. The second kappa shape index (κ2) is 10.7. The maximum Gasteiger partial charge on any atom is 0.417 e. The Morgan fingerprint density at radius 1 is 1.13 bits per heavy atom. The molecule has 6 nitrogen and oxygen atoms in total. The number of nitrogens with zero attached hydrogens (tertiary/aromatic N) is 3. The average molecular weight is 574 g/mol. The van der Waals surface area contributed by atoms with Crippen molar-refractivity contribution in [2.45, 2.75) is 32.1 Å². The van der Waals surface area contributed by atoms with Gasteiger partial charge < -0.3 is 15.2 Å². The molecular weight excluding hydrogens is 547 g/mol. The number of hydrogen-bond acceptors (Lipinski definition) is 5. The molecule has 11 heteroatoms. The van der Waals surface area contributed by atoms with Crippen LogP contribution >= 0.6 is 22.9 Å². The SMILES string of the molecule is C[C@@H]1CN(c2ccc(C(=O)Nc3ccc(Cl)c(-c4ncc(-c5cccs5)[nH]4)c3)c(C(F)(F)F)c2)C[C@H](C)N1C. The number of H-pyrrole nitrogens is 1. The molecule has 1 saturated heterocycles. The van der Waals surface area contributed by atoms with Crippen LogP contribution in [0.3, 0.4) is 0 Å². The summed E-state index contributed by atoms with van der Waals surface area (Å²) >= 11 is 7.95. The summed E-state index contributed by atoms with van der Waals surface area (Å²) in [6.07, 6.45) is -3.02. The van der Waals surface area contributed by atoms with Gasteiger partial charge in [-0.2, -0.15) is 13.2 Å². The number of amides is 1. The number of carbonyl (C=O) groups is 1. The molecule has 204 valence electrons. The van der Waals surface area contributed by atoms with E-state index in [1.807, 2.05) is 43.3 Å². The number of carbonyl (C=O) groups excluding carboxylic acids is 1. The van der Waals surface area contributed by atoms with Gasteiger partial charge in [-0.25, -0.2) is 4.98 Å². The van der Waals surface area contributed by atoms with Crippen LogP contribution in [0.1, 0.15) is 29.8 Å². The summed E-state index contributed by atoms with van der Waals surface area (Å²) < 4.78 is 42.4. The third kappa shape index (κ3) is 5.68. The van der Waals surface area contributed by atoms with E-state index in [4.69, 9.17) is 11.6 Å². The number of nitrogens with one attached hydrogen (secondary N) is 2. The smallest absolute Gasteiger partial charge is 0.368 e. The maximum absolute atomic E-state index is 14.1. The molecule has 0 saturated carbocycles. The van der Waals surface area contributed by atoms with Crippen molar-refractivity contribution in [2.24, 2.45) is 0 Å². The first kappa shape index (κ1) is 27.2. The minimum Gasteiger partial charge on any atom is -0.368 e. The molecule has 0 radical (unpaired) electrons.